The second-order valence-electron chi connectivity index (χ2n) is 3.90. The first-order valence-corrected chi connectivity index (χ1v) is 5.97. The third-order valence-electron chi connectivity index (χ3n) is 2.29. The van der Waals surface area contributed by atoms with Crippen molar-refractivity contribution in [1.29, 1.82) is 0 Å². The molecule has 6 heteroatoms. The highest BCUT2D eigenvalue weighted by Crippen LogP contribution is 2.00. The Kier molecular flexibility index (Phi) is 6.65. The zero-order valence-electron chi connectivity index (χ0n) is 10.8. The normalized spacial score (nSPS) is 11.0. The van der Waals surface area contributed by atoms with Crippen LogP contribution in [0.15, 0.2) is 30.3 Å². The maximum atomic E-state index is 11.3. The molecule has 0 aliphatic rings. The lowest BCUT2D eigenvalue weighted by Crippen LogP contribution is -2.39. The summed E-state index contributed by atoms with van der Waals surface area (Å²) in [5.74, 6) is 1.59. The molecule has 106 valence electrons. The lowest BCUT2D eigenvalue weighted by Gasteiger charge is -2.08. The number of nitrogens with one attached hydrogen (secondary N) is 2. The van der Waals surface area contributed by atoms with Gasteiger partial charge in [0.15, 0.2) is 0 Å². The number of ether oxygens (including phenoxy) is 1. The number of alkyl carbamates (subject to hydrolysis) is 1. The van der Waals surface area contributed by atoms with Gasteiger partial charge in [-0.05, 0) is 5.56 Å². The summed E-state index contributed by atoms with van der Waals surface area (Å²) in [5.41, 5.74) is 0.851. The lowest BCUT2D eigenvalue weighted by molar-refractivity contribution is -0.120. The van der Waals surface area contributed by atoms with Crippen molar-refractivity contribution in [2.24, 2.45) is 0 Å². The molecular formula is C14H16N2O4. The average Bonchev–Trinajstić information content (AvgIpc) is 2.49. The highest BCUT2D eigenvalue weighted by Gasteiger charge is 2.07. The fraction of sp³-hybridized carbons (Fsp3) is 0.286. The molecule has 0 aromatic heterocycles. The van der Waals surface area contributed by atoms with Crippen LogP contribution in [0.1, 0.15) is 5.56 Å². The van der Waals surface area contributed by atoms with Gasteiger partial charge in [-0.25, -0.2) is 4.79 Å². The number of amides is 2. The lowest BCUT2D eigenvalue weighted by atomic mass is 10.2. The van der Waals surface area contributed by atoms with Crippen LogP contribution in [-0.4, -0.2) is 36.3 Å². The maximum absolute atomic E-state index is 11.3. The predicted molar refractivity (Wildman–Crippen MR) is 72.5 cm³/mol. The zero-order chi connectivity index (χ0) is 14.8. The molecule has 1 rings (SSSR count). The third kappa shape index (κ3) is 6.42. The van der Waals surface area contributed by atoms with E-state index in [2.05, 4.69) is 16.6 Å². The van der Waals surface area contributed by atoms with Gasteiger partial charge in [0.1, 0.15) is 12.7 Å². The Bertz CT molecular complexity index is 482. The molecule has 3 N–H and O–H groups in total. The van der Waals surface area contributed by atoms with E-state index in [9.17, 15) is 9.59 Å². The average molecular weight is 276 g/mol. The molecule has 1 unspecified atom stereocenters. The SMILES string of the molecule is C#CC(O)CNC(=O)CNC(=O)OCc1ccccc1. The Morgan fingerprint density at radius 2 is 2.00 bits per heavy atom. The second kappa shape index (κ2) is 8.56. The second-order valence-corrected chi connectivity index (χ2v) is 3.90. The van der Waals surface area contributed by atoms with Crippen LogP contribution in [0, 0.1) is 12.3 Å². The van der Waals surface area contributed by atoms with Crippen LogP contribution in [-0.2, 0) is 16.1 Å². The number of carbonyl (C=O) groups is 2. The van der Waals surface area contributed by atoms with Gasteiger partial charge in [-0.2, -0.15) is 0 Å². The van der Waals surface area contributed by atoms with Crippen LogP contribution in [0.2, 0.25) is 0 Å². The summed E-state index contributed by atoms with van der Waals surface area (Å²) in [5, 5.41) is 13.7. The molecule has 0 bridgehead atoms. The molecule has 6 nitrogen and oxygen atoms in total. The van der Waals surface area contributed by atoms with Crippen LogP contribution in [0.25, 0.3) is 0 Å². The van der Waals surface area contributed by atoms with Gasteiger partial charge in [0.05, 0.1) is 13.1 Å². The number of terminal acetylenes is 1. The summed E-state index contributed by atoms with van der Waals surface area (Å²) < 4.78 is 4.91. The van der Waals surface area contributed by atoms with Crippen LogP contribution in [0.4, 0.5) is 4.79 Å². The van der Waals surface area contributed by atoms with Gasteiger partial charge in [0, 0.05) is 0 Å². The first-order valence-electron chi connectivity index (χ1n) is 5.97. The van der Waals surface area contributed by atoms with Gasteiger partial charge < -0.3 is 20.5 Å². The topological polar surface area (TPSA) is 87.7 Å². The van der Waals surface area contributed by atoms with Gasteiger partial charge in [0.25, 0.3) is 0 Å². The minimum Gasteiger partial charge on any atom is -0.445 e. The molecule has 1 aromatic carbocycles. The van der Waals surface area contributed by atoms with Gasteiger partial charge in [-0.15, -0.1) is 6.42 Å². The van der Waals surface area contributed by atoms with Gasteiger partial charge in [0.2, 0.25) is 5.91 Å². The molecule has 0 heterocycles. The van der Waals surface area contributed by atoms with E-state index in [1.807, 2.05) is 30.3 Å². The number of carbonyl (C=O) groups excluding carboxylic acids is 2. The molecule has 0 saturated heterocycles. The molecule has 2 amide bonds. The smallest absolute Gasteiger partial charge is 0.407 e. The van der Waals surface area contributed by atoms with Crippen molar-refractivity contribution < 1.29 is 19.4 Å². The van der Waals surface area contributed by atoms with Crippen LogP contribution in [0.5, 0.6) is 0 Å². The van der Waals surface area contributed by atoms with E-state index in [-0.39, 0.29) is 19.7 Å². The zero-order valence-corrected chi connectivity index (χ0v) is 10.8. The summed E-state index contributed by atoms with van der Waals surface area (Å²) in [6.45, 7) is -0.176. The summed E-state index contributed by atoms with van der Waals surface area (Å²) in [7, 11) is 0. The molecule has 20 heavy (non-hydrogen) atoms. The number of benzene rings is 1. The minimum absolute atomic E-state index is 0.0594. The van der Waals surface area contributed by atoms with Gasteiger partial charge in [-0.1, -0.05) is 36.3 Å². The van der Waals surface area contributed by atoms with Crippen molar-refractivity contribution in [3.8, 4) is 12.3 Å². The Labute approximate surface area is 117 Å². The molecule has 0 radical (unpaired) electrons. The van der Waals surface area contributed by atoms with E-state index in [1.165, 1.54) is 0 Å². The van der Waals surface area contributed by atoms with Crippen molar-refractivity contribution in [2.45, 2.75) is 12.7 Å². The molecule has 0 aliphatic heterocycles. The molecule has 0 fully saturated rings. The van der Waals surface area contributed by atoms with Crippen LogP contribution < -0.4 is 10.6 Å². The molecule has 1 atom stereocenters. The monoisotopic (exact) mass is 276 g/mol. The summed E-state index contributed by atoms with van der Waals surface area (Å²) in [4.78, 5) is 22.6. The standard InChI is InChI=1S/C14H16N2O4/c1-2-12(17)8-15-13(18)9-16-14(19)20-10-11-6-4-3-5-7-11/h1,3-7,12,17H,8-10H2,(H,15,18)(H,16,19). The van der Waals surface area contributed by atoms with Crippen molar-refractivity contribution in [3.05, 3.63) is 35.9 Å². The van der Waals surface area contributed by atoms with Crippen molar-refractivity contribution >= 4 is 12.0 Å². The van der Waals surface area contributed by atoms with Crippen molar-refractivity contribution in [2.75, 3.05) is 13.1 Å². The molecule has 0 saturated carbocycles. The molecule has 0 aliphatic carbocycles. The summed E-state index contributed by atoms with van der Waals surface area (Å²) in [6, 6.07) is 9.17. The van der Waals surface area contributed by atoms with E-state index in [4.69, 9.17) is 16.3 Å². The van der Waals surface area contributed by atoms with Crippen molar-refractivity contribution in [1.82, 2.24) is 10.6 Å². The highest BCUT2D eigenvalue weighted by atomic mass is 16.5. The van der Waals surface area contributed by atoms with Crippen LogP contribution in [0.3, 0.4) is 0 Å². The van der Waals surface area contributed by atoms with E-state index < -0.39 is 18.1 Å². The fourth-order valence-corrected chi connectivity index (χ4v) is 1.26. The molecule has 0 spiro atoms. The predicted octanol–water partition coefficient (Wildman–Crippen LogP) is 0.0231. The largest absolute Gasteiger partial charge is 0.445 e. The minimum atomic E-state index is -1.04. The number of rotatable bonds is 6. The maximum Gasteiger partial charge on any atom is 0.407 e. The van der Waals surface area contributed by atoms with Gasteiger partial charge in [-0.3, -0.25) is 4.79 Å². The van der Waals surface area contributed by atoms with E-state index in [0.717, 1.165) is 5.56 Å². The first kappa shape index (κ1) is 15.5. The number of hydrogen-bond donors (Lipinski definition) is 3. The molecule has 1 aromatic rings. The number of aliphatic hydroxyl groups excluding tert-OH is 1. The Balaban J connectivity index is 2.17. The van der Waals surface area contributed by atoms with E-state index >= 15 is 0 Å². The first-order chi connectivity index (χ1) is 9.61. The number of hydrogen-bond acceptors (Lipinski definition) is 4. The summed E-state index contributed by atoms with van der Waals surface area (Å²) >= 11 is 0. The van der Waals surface area contributed by atoms with Gasteiger partial charge >= 0.3 is 6.09 Å². The quantitative estimate of drug-likeness (QED) is 0.639. The van der Waals surface area contributed by atoms with E-state index in [0.29, 0.717) is 0 Å². The highest BCUT2D eigenvalue weighted by molar-refractivity contribution is 5.82. The summed E-state index contributed by atoms with van der Waals surface area (Å²) in [6.07, 6.45) is 3.20. The molecular weight excluding hydrogens is 260 g/mol. The Hall–Kier alpha value is -2.52. The van der Waals surface area contributed by atoms with Crippen molar-refractivity contribution in [3.63, 3.8) is 0 Å². The fourth-order valence-electron chi connectivity index (χ4n) is 1.26. The van der Waals surface area contributed by atoms with E-state index in [1.54, 1.807) is 0 Å². The number of aliphatic hydroxyl groups is 1. The Morgan fingerprint density at radius 3 is 2.65 bits per heavy atom. The van der Waals surface area contributed by atoms with Crippen LogP contribution >= 0.6 is 0 Å². The third-order valence-corrected chi connectivity index (χ3v) is 2.29. The Morgan fingerprint density at radius 1 is 1.30 bits per heavy atom.